The van der Waals surface area contributed by atoms with Crippen molar-refractivity contribution in [1.29, 1.82) is 0 Å². The van der Waals surface area contributed by atoms with Crippen molar-refractivity contribution in [2.24, 2.45) is 0 Å². The predicted octanol–water partition coefficient (Wildman–Crippen LogP) is 0.741. The lowest BCUT2D eigenvalue weighted by molar-refractivity contribution is 0.0689. The third-order valence-electron chi connectivity index (χ3n) is 2.62. The van der Waals surface area contributed by atoms with Gasteiger partial charge in [0.25, 0.3) is 5.91 Å². The van der Waals surface area contributed by atoms with Gasteiger partial charge in [-0.05, 0) is 19.1 Å². The van der Waals surface area contributed by atoms with E-state index in [2.05, 4.69) is 20.5 Å². The Bertz CT molecular complexity index is 604. The van der Waals surface area contributed by atoms with Gasteiger partial charge in [-0.25, -0.2) is 9.78 Å². The molecule has 0 atom stereocenters. The van der Waals surface area contributed by atoms with Gasteiger partial charge in [0.15, 0.2) is 0 Å². The molecule has 2 aromatic heterocycles. The highest BCUT2D eigenvalue weighted by molar-refractivity contribution is 5.94. The number of carbonyl (C=O) groups excluding carboxylic acids is 1. The monoisotopic (exact) mass is 260 g/mol. The van der Waals surface area contributed by atoms with E-state index in [0.29, 0.717) is 12.1 Å². The first-order valence-electron chi connectivity index (χ1n) is 5.54. The Morgan fingerprint density at radius 2 is 2.16 bits per heavy atom. The molecule has 0 aliphatic heterocycles. The number of rotatable bonds is 4. The Morgan fingerprint density at radius 3 is 2.68 bits per heavy atom. The average Bonchev–Trinajstić information content (AvgIpc) is 2.81. The number of carboxylic acids is 1. The molecule has 98 valence electrons. The molecule has 2 aromatic rings. The highest BCUT2D eigenvalue weighted by Gasteiger charge is 2.09. The van der Waals surface area contributed by atoms with Crippen molar-refractivity contribution >= 4 is 11.9 Å². The standard InChI is InChI=1S/C12H12N4O3/c1-7-9(6-15-16-7)5-14-11(17)8-2-3-10(12(18)19)13-4-8/h2-4,6H,5H2,1H3,(H,14,17)(H,15,16)(H,18,19). The van der Waals surface area contributed by atoms with Gasteiger partial charge in [-0.15, -0.1) is 0 Å². The van der Waals surface area contributed by atoms with E-state index in [1.807, 2.05) is 6.92 Å². The molecule has 0 aliphatic carbocycles. The molecule has 0 aliphatic rings. The van der Waals surface area contributed by atoms with Crippen LogP contribution in [0, 0.1) is 6.92 Å². The van der Waals surface area contributed by atoms with Gasteiger partial charge in [0.05, 0.1) is 11.8 Å². The van der Waals surface area contributed by atoms with E-state index < -0.39 is 5.97 Å². The first-order chi connectivity index (χ1) is 9.08. The van der Waals surface area contributed by atoms with E-state index in [4.69, 9.17) is 5.11 Å². The summed E-state index contributed by atoms with van der Waals surface area (Å²) in [7, 11) is 0. The van der Waals surface area contributed by atoms with Crippen LogP contribution in [0.2, 0.25) is 0 Å². The van der Waals surface area contributed by atoms with E-state index >= 15 is 0 Å². The minimum Gasteiger partial charge on any atom is -0.477 e. The number of hydrogen-bond acceptors (Lipinski definition) is 4. The molecule has 0 saturated carbocycles. The molecule has 19 heavy (non-hydrogen) atoms. The van der Waals surface area contributed by atoms with Crippen LogP contribution in [0.4, 0.5) is 0 Å². The van der Waals surface area contributed by atoms with Crippen molar-refractivity contribution in [3.8, 4) is 0 Å². The predicted molar refractivity (Wildman–Crippen MR) is 65.7 cm³/mol. The highest BCUT2D eigenvalue weighted by atomic mass is 16.4. The molecule has 7 heteroatoms. The van der Waals surface area contributed by atoms with Crippen LogP contribution in [0.3, 0.4) is 0 Å². The summed E-state index contributed by atoms with van der Waals surface area (Å²) in [4.78, 5) is 26.1. The molecule has 0 aromatic carbocycles. The van der Waals surface area contributed by atoms with E-state index in [1.54, 1.807) is 6.20 Å². The molecule has 0 radical (unpaired) electrons. The third-order valence-corrected chi connectivity index (χ3v) is 2.62. The lowest BCUT2D eigenvalue weighted by atomic mass is 10.2. The van der Waals surface area contributed by atoms with Gasteiger partial charge in [-0.2, -0.15) is 5.10 Å². The average molecular weight is 260 g/mol. The normalized spacial score (nSPS) is 10.2. The van der Waals surface area contributed by atoms with Crippen LogP contribution >= 0.6 is 0 Å². The van der Waals surface area contributed by atoms with Crippen molar-refractivity contribution in [3.05, 3.63) is 47.0 Å². The maximum atomic E-state index is 11.8. The number of aryl methyl sites for hydroxylation is 1. The molecule has 0 fully saturated rings. The van der Waals surface area contributed by atoms with E-state index in [9.17, 15) is 9.59 Å². The summed E-state index contributed by atoms with van der Waals surface area (Å²) in [6, 6.07) is 2.72. The number of pyridine rings is 1. The van der Waals surface area contributed by atoms with Gasteiger partial charge in [0.2, 0.25) is 0 Å². The van der Waals surface area contributed by atoms with E-state index in [1.165, 1.54) is 18.3 Å². The minimum absolute atomic E-state index is 0.0952. The van der Waals surface area contributed by atoms with Crippen molar-refractivity contribution < 1.29 is 14.7 Å². The van der Waals surface area contributed by atoms with E-state index in [0.717, 1.165) is 11.3 Å². The van der Waals surface area contributed by atoms with Gasteiger partial charge >= 0.3 is 5.97 Å². The number of H-pyrrole nitrogens is 1. The van der Waals surface area contributed by atoms with Crippen molar-refractivity contribution in [2.75, 3.05) is 0 Å². The van der Waals surface area contributed by atoms with Crippen LogP contribution in [0.1, 0.15) is 32.1 Å². The number of nitrogens with one attached hydrogen (secondary N) is 2. The van der Waals surface area contributed by atoms with Crippen LogP contribution in [0.5, 0.6) is 0 Å². The number of carboxylic acid groups (broad SMARTS) is 1. The van der Waals surface area contributed by atoms with Gasteiger partial charge in [-0.1, -0.05) is 0 Å². The zero-order valence-electron chi connectivity index (χ0n) is 10.2. The van der Waals surface area contributed by atoms with Crippen LogP contribution < -0.4 is 5.32 Å². The van der Waals surface area contributed by atoms with Crippen LogP contribution in [-0.4, -0.2) is 32.2 Å². The second kappa shape index (κ2) is 5.30. The second-order valence-electron chi connectivity index (χ2n) is 3.94. The zero-order valence-corrected chi connectivity index (χ0v) is 10.2. The molecule has 0 spiro atoms. The largest absolute Gasteiger partial charge is 0.477 e. The second-order valence-corrected chi connectivity index (χ2v) is 3.94. The lowest BCUT2D eigenvalue weighted by Gasteiger charge is -2.04. The summed E-state index contributed by atoms with van der Waals surface area (Å²) in [5.41, 5.74) is 2.00. The molecule has 0 saturated heterocycles. The third kappa shape index (κ3) is 2.95. The summed E-state index contributed by atoms with van der Waals surface area (Å²) in [5, 5.41) is 18.0. The Morgan fingerprint density at radius 1 is 1.37 bits per heavy atom. The number of nitrogens with zero attached hydrogens (tertiary/aromatic N) is 2. The number of aromatic amines is 1. The fraction of sp³-hybridized carbons (Fsp3) is 0.167. The molecular formula is C12H12N4O3. The van der Waals surface area contributed by atoms with Crippen molar-refractivity contribution in [1.82, 2.24) is 20.5 Å². The SMILES string of the molecule is Cc1[nH]ncc1CNC(=O)c1ccc(C(=O)O)nc1. The van der Waals surface area contributed by atoms with Gasteiger partial charge < -0.3 is 10.4 Å². The first-order valence-corrected chi connectivity index (χ1v) is 5.54. The summed E-state index contributed by atoms with van der Waals surface area (Å²) >= 11 is 0. The Hall–Kier alpha value is -2.70. The minimum atomic E-state index is -1.12. The Kier molecular flexibility index (Phi) is 3.56. The molecule has 2 heterocycles. The van der Waals surface area contributed by atoms with Gasteiger partial charge in [0.1, 0.15) is 5.69 Å². The number of aromatic carboxylic acids is 1. The summed E-state index contributed by atoms with van der Waals surface area (Å²) in [6.07, 6.45) is 2.88. The summed E-state index contributed by atoms with van der Waals surface area (Å²) < 4.78 is 0. The fourth-order valence-electron chi connectivity index (χ4n) is 1.49. The number of hydrogen-bond donors (Lipinski definition) is 3. The molecule has 0 unspecified atom stereocenters. The molecule has 1 amide bonds. The quantitative estimate of drug-likeness (QED) is 0.751. The van der Waals surface area contributed by atoms with E-state index in [-0.39, 0.29) is 11.6 Å². The Labute approximate surface area is 108 Å². The number of aromatic nitrogens is 3. The van der Waals surface area contributed by atoms with Gasteiger partial charge in [-0.3, -0.25) is 9.89 Å². The maximum absolute atomic E-state index is 11.8. The topological polar surface area (TPSA) is 108 Å². The number of amides is 1. The highest BCUT2D eigenvalue weighted by Crippen LogP contribution is 2.04. The first kappa shape index (κ1) is 12.7. The zero-order chi connectivity index (χ0) is 13.8. The van der Waals surface area contributed by atoms with Gasteiger partial charge in [0, 0.05) is 24.0 Å². The molecule has 3 N–H and O–H groups in total. The fourth-order valence-corrected chi connectivity index (χ4v) is 1.49. The van der Waals surface area contributed by atoms with Crippen LogP contribution in [0.25, 0.3) is 0 Å². The molecular weight excluding hydrogens is 248 g/mol. The number of carbonyl (C=O) groups is 2. The molecule has 0 bridgehead atoms. The lowest BCUT2D eigenvalue weighted by Crippen LogP contribution is -2.23. The molecule has 7 nitrogen and oxygen atoms in total. The maximum Gasteiger partial charge on any atom is 0.354 e. The van der Waals surface area contributed by atoms with Crippen LogP contribution in [0.15, 0.2) is 24.5 Å². The van der Waals surface area contributed by atoms with Crippen molar-refractivity contribution in [3.63, 3.8) is 0 Å². The molecule has 2 rings (SSSR count). The Balaban J connectivity index is 2.00. The summed E-state index contributed by atoms with van der Waals surface area (Å²) in [6.45, 7) is 2.21. The van der Waals surface area contributed by atoms with Crippen LogP contribution in [-0.2, 0) is 6.54 Å². The summed E-state index contributed by atoms with van der Waals surface area (Å²) in [5.74, 6) is -1.44. The van der Waals surface area contributed by atoms with Crippen molar-refractivity contribution in [2.45, 2.75) is 13.5 Å². The smallest absolute Gasteiger partial charge is 0.354 e.